The largest absolute Gasteiger partial charge is 0.394 e. The third kappa shape index (κ3) is 3.87. The van der Waals surface area contributed by atoms with Crippen LogP contribution in [0.3, 0.4) is 0 Å². The molecule has 1 aliphatic heterocycles. The van der Waals surface area contributed by atoms with Crippen LogP contribution < -0.4 is 11.2 Å². The standard InChI is InChI=1S/C16H18N2O8S/c1-9-2-4-10(5-3-9)27(23,24)26-14-13(21)11(8-19)25-15(14)18-7-6-12(20)17-16(18)22/h2-7,11,13-15,19,21H,8H2,1H3,(H,17,20,22)/t11-,13-,14+,15-/m0/s1. The fourth-order valence-electron chi connectivity index (χ4n) is 2.73. The van der Waals surface area contributed by atoms with E-state index in [1.54, 1.807) is 19.1 Å². The van der Waals surface area contributed by atoms with Crippen LogP contribution in [0.15, 0.2) is 51.0 Å². The molecule has 0 spiro atoms. The Labute approximate surface area is 153 Å². The van der Waals surface area contributed by atoms with Crippen molar-refractivity contribution in [1.29, 1.82) is 0 Å². The maximum absolute atomic E-state index is 12.6. The first-order chi connectivity index (χ1) is 12.7. The predicted octanol–water partition coefficient (Wildman–Crippen LogP) is -1.13. The van der Waals surface area contributed by atoms with Gasteiger partial charge >= 0.3 is 5.69 Å². The lowest BCUT2D eigenvalue weighted by Gasteiger charge is -2.21. The van der Waals surface area contributed by atoms with Gasteiger partial charge in [-0.1, -0.05) is 17.7 Å². The number of aromatic amines is 1. The maximum atomic E-state index is 12.6. The molecule has 3 rings (SSSR count). The molecule has 1 aromatic heterocycles. The third-order valence-corrected chi connectivity index (χ3v) is 5.49. The van der Waals surface area contributed by atoms with Crippen LogP contribution in [0.4, 0.5) is 0 Å². The Morgan fingerprint density at radius 1 is 1.22 bits per heavy atom. The fraction of sp³-hybridized carbons (Fsp3) is 0.375. The number of aliphatic hydroxyl groups is 2. The number of hydrogen-bond donors (Lipinski definition) is 3. The summed E-state index contributed by atoms with van der Waals surface area (Å²) < 4.78 is 36.6. The molecule has 10 nitrogen and oxygen atoms in total. The van der Waals surface area contributed by atoms with E-state index in [2.05, 4.69) is 0 Å². The molecule has 3 N–H and O–H groups in total. The highest BCUT2D eigenvalue weighted by atomic mass is 32.2. The van der Waals surface area contributed by atoms with Gasteiger partial charge in [0.25, 0.3) is 15.7 Å². The highest BCUT2D eigenvalue weighted by Gasteiger charge is 2.48. The van der Waals surface area contributed by atoms with E-state index in [4.69, 9.17) is 8.92 Å². The number of aromatic nitrogens is 2. The average Bonchev–Trinajstić information content (AvgIpc) is 2.91. The minimum Gasteiger partial charge on any atom is -0.394 e. The van der Waals surface area contributed by atoms with Crippen molar-refractivity contribution in [3.8, 4) is 0 Å². The van der Waals surface area contributed by atoms with Gasteiger partial charge in [0.15, 0.2) is 12.3 Å². The third-order valence-electron chi connectivity index (χ3n) is 4.17. The lowest BCUT2D eigenvalue weighted by atomic mass is 10.1. The molecule has 27 heavy (non-hydrogen) atoms. The van der Waals surface area contributed by atoms with E-state index in [0.29, 0.717) is 0 Å². The lowest BCUT2D eigenvalue weighted by Crippen LogP contribution is -2.40. The Hall–Kier alpha value is -2.31. The normalized spacial score (nSPS) is 25.6. The maximum Gasteiger partial charge on any atom is 0.330 e. The van der Waals surface area contributed by atoms with Crippen molar-refractivity contribution in [3.63, 3.8) is 0 Å². The summed E-state index contributed by atoms with van der Waals surface area (Å²) in [5, 5.41) is 19.7. The molecule has 0 unspecified atom stereocenters. The van der Waals surface area contributed by atoms with Gasteiger partial charge in [-0.25, -0.2) is 4.79 Å². The van der Waals surface area contributed by atoms with Crippen molar-refractivity contribution in [3.05, 3.63) is 62.9 Å². The van der Waals surface area contributed by atoms with Gasteiger partial charge in [0, 0.05) is 12.3 Å². The Morgan fingerprint density at radius 2 is 1.89 bits per heavy atom. The first-order valence-corrected chi connectivity index (χ1v) is 9.39. The number of rotatable bonds is 5. The van der Waals surface area contributed by atoms with Gasteiger partial charge in [0.05, 0.1) is 11.5 Å². The molecular weight excluding hydrogens is 380 g/mol. The quantitative estimate of drug-likeness (QED) is 0.536. The molecule has 1 saturated heterocycles. The average molecular weight is 398 g/mol. The second-order valence-corrected chi connectivity index (χ2v) is 7.66. The first-order valence-electron chi connectivity index (χ1n) is 7.99. The zero-order valence-electron chi connectivity index (χ0n) is 14.2. The molecule has 11 heteroatoms. The molecule has 0 amide bonds. The number of hydrogen-bond acceptors (Lipinski definition) is 8. The Bertz CT molecular complexity index is 1030. The molecule has 0 saturated carbocycles. The van der Waals surface area contributed by atoms with Gasteiger partial charge in [0.1, 0.15) is 12.2 Å². The summed E-state index contributed by atoms with van der Waals surface area (Å²) in [4.78, 5) is 25.1. The molecule has 146 valence electrons. The molecular formula is C16H18N2O8S. The van der Waals surface area contributed by atoms with Gasteiger partial charge in [-0.2, -0.15) is 8.42 Å². The first kappa shape index (κ1) is 19.5. The van der Waals surface area contributed by atoms with E-state index in [0.717, 1.165) is 22.4 Å². The summed E-state index contributed by atoms with van der Waals surface area (Å²) >= 11 is 0. The van der Waals surface area contributed by atoms with Gasteiger partial charge in [-0.05, 0) is 19.1 Å². The molecule has 0 bridgehead atoms. The number of nitrogens with zero attached hydrogens (tertiary/aromatic N) is 1. The van der Waals surface area contributed by atoms with Crippen LogP contribution in [0.1, 0.15) is 11.8 Å². The van der Waals surface area contributed by atoms with Crippen molar-refractivity contribution in [2.24, 2.45) is 0 Å². The number of aryl methyl sites for hydroxylation is 1. The second kappa shape index (κ2) is 7.37. The summed E-state index contributed by atoms with van der Waals surface area (Å²) in [5.41, 5.74) is -0.686. The molecule has 1 fully saturated rings. The monoisotopic (exact) mass is 398 g/mol. The van der Waals surface area contributed by atoms with Gasteiger partial charge in [0.2, 0.25) is 0 Å². The van der Waals surface area contributed by atoms with Gasteiger partial charge in [-0.3, -0.25) is 18.5 Å². The van der Waals surface area contributed by atoms with E-state index < -0.39 is 52.5 Å². The molecule has 4 atom stereocenters. The molecule has 1 aromatic carbocycles. The number of ether oxygens (including phenoxy) is 1. The Kier molecular flexibility index (Phi) is 5.31. The summed E-state index contributed by atoms with van der Waals surface area (Å²) in [6.07, 6.45) is -4.50. The van der Waals surface area contributed by atoms with Crippen molar-refractivity contribution >= 4 is 10.1 Å². The molecule has 2 aromatic rings. The SMILES string of the molecule is Cc1ccc(S(=O)(=O)O[C@@H]2[C@@H](O)[C@H](CO)O[C@@H]2n2ccc(=O)[nH]c2=O)cc1. The smallest absolute Gasteiger partial charge is 0.330 e. The summed E-state index contributed by atoms with van der Waals surface area (Å²) in [6, 6.07) is 6.89. The highest BCUT2D eigenvalue weighted by molar-refractivity contribution is 7.86. The number of aliphatic hydroxyl groups excluding tert-OH is 2. The van der Waals surface area contributed by atoms with E-state index in [1.807, 2.05) is 4.98 Å². The van der Waals surface area contributed by atoms with Crippen LogP contribution >= 0.6 is 0 Å². The van der Waals surface area contributed by atoms with Crippen molar-refractivity contribution in [1.82, 2.24) is 9.55 Å². The second-order valence-electron chi connectivity index (χ2n) is 6.08. The van der Waals surface area contributed by atoms with E-state index >= 15 is 0 Å². The van der Waals surface area contributed by atoms with Crippen molar-refractivity contribution in [2.45, 2.75) is 36.4 Å². The zero-order chi connectivity index (χ0) is 19.8. The van der Waals surface area contributed by atoms with Gasteiger partial charge in [-0.15, -0.1) is 0 Å². The topological polar surface area (TPSA) is 148 Å². The van der Waals surface area contributed by atoms with Crippen LogP contribution in [0.25, 0.3) is 0 Å². The number of H-pyrrole nitrogens is 1. The van der Waals surface area contributed by atoms with Crippen molar-refractivity contribution in [2.75, 3.05) is 6.61 Å². The summed E-state index contributed by atoms with van der Waals surface area (Å²) in [5.74, 6) is 0. The highest BCUT2D eigenvalue weighted by Crippen LogP contribution is 2.33. The number of benzene rings is 1. The van der Waals surface area contributed by atoms with Crippen molar-refractivity contribution < 1.29 is 27.6 Å². The van der Waals surface area contributed by atoms with Crippen LogP contribution in [0.5, 0.6) is 0 Å². The number of nitrogens with one attached hydrogen (secondary N) is 1. The zero-order valence-corrected chi connectivity index (χ0v) is 15.0. The molecule has 2 heterocycles. The minimum atomic E-state index is -4.30. The van der Waals surface area contributed by atoms with Crippen LogP contribution in [0, 0.1) is 6.92 Å². The predicted molar refractivity (Wildman–Crippen MR) is 91.6 cm³/mol. The fourth-order valence-corrected chi connectivity index (χ4v) is 3.81. The summed E-state index contributed by atoms with van der Waals surface area (Å²) in [6.45, 7) is 1.16. The minimum absolute atomic E-state index is 0.139. The van der Waals surface area contributed by atoms with Crippen LogP contribution in [0.2, 0.25) is 0 Å². The van der Waals surface area contributed by atoms with Gasteiger partial charge < -0.3 is 14.9 Å². The Morgan fingerprint density at radius 3 is 2.48 bits per heavy atom. The van der Waals surface area contributed by atoms with E-state index in [1.165, 1.54) is 12.1 Å². The lowest BCUT2D eigenvalue weighted by molar-refractivity contribution is -0.0519. The van der Waals surface area contributed by atoms with E-state index in [9.17, 15) is 28.2 Å². The van der Waals surface area contributed by atoms with Crippen LogP contribution in [-0.4, -0.2) is 53.1 Å². The van der Waals surface area contributed by atoms with E-state index in [-0.39, 0.29) is 4.90 Å². The van der Waals surface area contributed by atoms with Crippen LogP contribution in [-0.2, 0) is 19.0 Å². The molecule has 1 aliphatic rings. The Balaban J connectivity index is 1.98. The molecule has 0 radical (unpaired) electrons. The summed E-state index contributed by atoms with van der Waals surface area (Å²) in [7, 11) is -4.30. The molecule has 0 aliphatic carbocycles.